The van der Waals surface area contributed by atoms with Gasteiger partial charge in [0.05, 0.1) is 11.9 Å². The fourth-order valence-electron chi connectivity index (χ4n) is 2.40. The highest BCUT2D eigenvalue weighted by atomic mass is 35.5. The van der Waals surface area contributed by atoms with Crippen molar-refractivity contribution in [2.24, 2.45) is 0 Å². The van der Waals surface area contributed by atoms with E-state index in [0.717, 1.165) is 31.6 Å². The van der Waals surface area contributed by atoms with Crippen LogP contribution >= 0.6 is 12.4 Å². The Morgan fingerprint density at radius 2 is 2.25 bits per heavy atom. The van der Waals surface area contributed by atoms with E-state index in [1.165, 1.54) is 17.0 Å². The molecule has 1 N–H and O–H groups in total. The largest absolute Gasteiger partial charge is 0.358 e. The highest BCUT2D eigenvalue weighted by molar-refractivity contribution is 5.85. The minimum absolute atomic E-state index is 0. The van der Waals surface area contributed by atoms with Crippen molar-refractivity contribution in [2.75, 3.05) is 13.1 Å². The van der Waals surface area contributed by atoms with Gasteiger partial charge in [0.15, 0.2) is 5.75 Å². The van der Waals surface area contributed by atoms with Crippen LogP contribution in [0.15, 0.2) is 36.5 Å². The van der Waals surface area contributed by atoms with Crippen molar-refractivity contribution in [1.29, 1.82) is 0 Å². The Morgan fingerprint density at radius 1 is 1.35 bits per heavy atom. The molecule has 1 aromatic carbocycles. The molecule has 0 radical (unpaired) electrons. The highest BCUT2D eigenvalue weighted by Gasteiger charge is 2.20. The molecule has 4 nitrogen and oxygen atoms in total. The molecule has 0 spiro atoms. The fourth-order valence-corrected chi connectivity index (χ4v) is 2.40. The first kappa shape index (κ1) is 14.8. The zero-order valence-corrected chi connectivity index (χ0v) is 11.8. The monoisotopic (exact) mass is 297 g/mol. The molecule has 6 heteroatoms. The van der Waals surface area contributed by atoms with Gasteiger partial charge in [0.2, 0.25) is 0 Å². The molecule has 0 aliphatic carbocycles. The van der Waals surface area contributed by atoms with Crippen molar-refractivity contribution in [2.45, 2.75) is 18.8 Å². The molecule has 0 saturated carbocycles. The van der Waals surface area contributed by atoms with E-state index in [1.807, 2.05) is 6.07 Å². The molecule has 2 heterocycles. The molecule has 1 saturated heterocycles. The number of nitrogens with one attached hydrogen (secondary N) is 1. The van der Waals surface area contributed by atoms with Gasteiger partial charge >= 0.3 is 0 Å². The summed E-state index contributed by atoms with van der Waals surface area (Å²) in [7, 11) is 0. The van der Waals surface area contributed by atoms with Crippen LogP contribution in [0.3, 0.4) is 0 Å². The number of rotatable bonds is 3. The third kappa shape index (κ3) is 3.29. The minimum atomic E-state index is -0.314. The summed E-state index contributed by atoms with van der Waals surface area (Å²) in [6, 6.07) is 8.03. The van der Waals surface area contributed by atoms with Crippen molar-refractivity contribution < 1.29 is 9.23 Å². The van der Waals surface area contributed by atoms with Crippen LogP contribution in [-0.4, -0.2) is 23.0 Å². The van der Waals surface area contributed by atoms with Gasteiger partial charge in [-0.2, -0.15) is 0 Å². The Bertz CT molecular complexity index is 555. The second-order valence-electron chi connectivity index (χ2n) is 4.72. The van der Waals surface area contributed by atoms with Crippen LogP contribution in [0, 0.1) is 5.82 Å². The van der Waals surface area contributed by atoms with E-state index in [-0.39, 0.29) is 18.2 Å². The number of aromatic nitrogens is 2. The topological polar surface area (TPSA) is 39.1 Å². The molecule has 108 valence electrons. The van der Waals surface area contributed by atoms with Gasteiger partial charge in [0.1, 0.15) is 5.82 Å². The fraction of sp³-hybridized carbons (Fsp3) is 0.357. The average molecular weight is 298 g/mol. The molecule has 3 rings (SSSR count). The predicted molar refractivity (Wildman–Crippen MR) is 76.7 cm³/mol. The summed E-state index contributed by atoms with van der Waals surface area (Å²) in [4.78, 5) is 7.11. The SMILES string of the molecule is Cl.Fc1cccc(On2nccc2[C@H]2CCCNC2)c1. The third-order valence-electron chi connectivity index (χ3n) is 3.34. The molecule has 1 aliphatic heterocycles. The van der Waals surface area contributed by atoms with Crippen LogP contribution in [0.1, 0.15) is 24.5 Å². The summed E-state index contributed by atoms with van der Waals surface area (Å²) in [6.07, 6.45) is 3.98. The predicted octanol–water partition coefficient (Wildman–Crippen LogP) is 2.75. The highest BCUT2D eigenvalue weighted by Crippen LogP contribution is 2.23. The van der Waals surface area contributed by atoms with Crippen molar-refractivity contribution in [3.63, 3.8) is 0 Å². The van der Waals surface area contributed by atoms with Gasteiger partial charge in [0.25, 0.3) is 0 Å². The number of benzene rings is 1. The molecule has 0 amide bonds. The zero-order valence-electron chi connectivity index (χ0n) is 11.0. The Hall–Kier alpha value is -1.59. The molecule has 20 heavy (non-hydrogen) atoms. The minimum Gasteiger partial charge on any atom is -0.358 e. The molecule has 1 atom stereocenters. The van der Waals surface area contributed by atoms with E-state index in [1.54, 1.807) is 18.3 Å². The van der Waals surface area contributed by atoms with Gasteiger partial charge in [-0.3, -0.25) is 0 Å². The number of piperidine rings is 1. The molecular weight excluding hydrogens is 281 g/mol. The van der Waals surface area contributed by atoms with E-state index in [9.17, 15) is 4.39 Å². The molecular formula is C14H17ClFN3O. The lowest BCUT2D eigenvalue weighted by Gasteiger charge is -2.23. The lowest BCUT2D eigenvalue weighted by Crippen LogP contribution is -2.30. The molecule has 1 aromatic heterocycles. The van der Waals surface area contributed by atoms with Crippen molar-refractivity contribution in [3.8, 4) is 5.75 Å². The van der Waals surface area contributed by atoms with E-state index in [0.29, 0.717) is 11.7 Å². The average Bonchev–Trinajstić information content (AvgIpc) is 2.88. The number of hydrogen-bond donors (Lipinski definition) is 1. The maximum Gasteiger partial charge on any atom is 0.160 e. The van der Waals surface area contributed by atoms with Crippen LogP contribution in [0.25, 0.3) is 0 Å². The maximum absolute atomic E-state index is 13.1. The van der Waals surface area contributed by atoms with Gasteiger partial charge in [-0.05, 0) is 37.6 Å². The Balaban J connectivity index is 0.00000147. The van der Waals surface area contributed by atoms with E-state index in [4.69, 9.17) is 4.84 Å². The normalized spacial score (nSPS) is 18.4. The molecule has 1 aliphatic rings. The Labute approximate surface area is 123 Å². The summed E-state index contributed by atoms with van der Waals surface area (Å²) in [5, 5.41) is 7.53. The number of halogens is 2. The second kappa shape index (κ2) is 6.72. The quantitative estimate of drug-likeness (QED) is 0.947. The van der Waals surface area contributed by atoms with E-state index >= 15 is 0 Å². The van der Waals surface area contributed by atoms with Gasteiger partial charge in [-0.15, -0.1) is 17.5 Å². The van der Waals surface area contributed by atoms with Crippen molar-refractivity contribution >= 4 is 12.4 Å². The summed E-state index contributed by atoms with van der Waals surface area (Å²) in [6.45, 7) is 1.99. The summed E-state index contributed by atoms with van der Waals surface area (Å²) < 4.78 is 13.1. The molecule has 0 bridgehead atoms. The third-order valence-corrected chi connectivity index (χ3v) is 3.34. The summed E-state index contributed by atoms with van der Waals surface area (Å²) in [5.74, 6) is 0.532. The molecule has 0 unspecified atom stereocenters. The molecule has 1 fully saturated rings. The first-order chi connectivity index (χ1) is 9.33. The number of hydrogen-bond acceptors (Lipinski definition) is 3. The van der Waals surface area contributed by atoms with Crippen molar-refractivity contribution in [3.05, 3.63) is 48.0 Å². The van der Waals surface area contributed by atoms with Crippen molar-refractivity contribution in [1.82, 2.24) is 15.3 Å². The van der Waals surface area contributed by atoms with Crippen LogP contribution < -0.4 is 10.2 Å². The van der Waals surface area contributed by atoms with Crippen LogP contribution in [-0.2, 0) is 0 Å². The van der Waals surface area contributed by atoms with Crippen LogP contribution in [0.5, 0.6) is 5.75 Å². The van der Waals surface area contributed by atoms with E-state index in [2.05, 4.69) is 10.4 Å². The lowest BCUT2D eigenvalue weighted by atomic mass is 9.96. The smallest absolute Gasteiger partial charge is 0.160 e. The Kier molecular flexibility index (Phi) is 4.98. The van der Waals surface area contributed by atoms with Gasteiger partial charge in [-0.25, -0.2) is 4.39 Å². The van der Waals surface area contributed by atoms with Gasteiger partial charge in [-0.1, -0.05) is 10.9 Å². The molecule has 2 aromatic rings. The second-order valence-corrected chi connectivity index (χ2v) is 4.72. The summed E-state index contributed by atoms with van der Waals surface area (Å²) >= 11 is 0. The van der Waals surface area contributed by atoms with Crippen LogP contribution in [0.4, 0.5) is 4.39 Å². The van der Waals surface area contributed by atoms with Gasteiger partial charge < -0.3 is 10.2 Å². The first-order valence-corrected chi connectivity index (χ1v) is 6.51. The maximum atomic E-state index is 13.1. The standard InChI is InChI=1S/C14H16FN3O.ClH/c15-12-4-1-5-13(9-12)19-18-14(6-8-17-18)11-3-2-7-16-10-11;/h1,4-6,8-9,11,16H,2-3,7,10H2;1H/t11-;/m0./s1. The lowest BCUT2D eigenvalue weighted by molar-refractivity contribution is 0.162. The Morgan fingerprint density at radius 3 is 3.00 bits per heavy atom. The van der Waals surface area contributed by atoms with E-state index < -0.39 is 0 Å². The van der Waals surface area contributed by atoms with Gasteiger partial charge in [0, 0.05) is 18.5 Å². The first-order valence-electron chi connectivity index (χ1n) is 6.51. The van der Waals surface area contributed by atoms with Crippen LogP contribution in [0.2, 0.25) is 0 Å². The number of nitrogens with zero attached hydrogens (tertiary/aromatic N) is 2. The summed E-state index contributed by atoms with van der Waals surface area (Å²) in [5.41, 5.74) is 1.02. The zero-order chi connectivity index (χ0) is 13.1.